The van der Waals surface area contributed by atoms with E-state index in [4.69, 9.17) is 0 Å². The van der Waals surface area contributed by atoms with Crippen LogP contribution >= 0.6 is 0 Å². The molecule has 1 atom stereocenters. The average Bonchev–Trinajstić information content (AvgIpc) is 3.03. The molecule has 1 aliphatic rings. The Labute approximate surface area is 116 Å². The fourth-order valence-electron chi connectivity index (χ4n) is 2.29. The van der Waals surface area contributed by atoms with Crippen molar-refractivity contribution in [3.63, 3.8) is 0 Å². The van der Waals surface area contributed by atoms with E-state index in [-0.39, 0.29) is 11.9 Å². The number of carbonyl (C=O) groups excluding carboxylic acids is 1. The molecule has 20 heavy (non-hydrogen) atoms. The van der Waals surface area contributed by atoms with E-state index in [1.165, 1.54) is 6.33 Å². The van der Waals surface area contributed by atoms with Crippen LogP contribution in [0.3, 0.4) is 0 Å². The summed E-state index contributed by atoms with van der Waals surface area (Å²) in [5.41, 5.74) is 1.47. The molecule has 2 heterocycles. The Morgan fingerprint density at radius 1 is 1.35 bits per heavy atom. The van der Waals surface area contributed by atoms with Crippen molar-refractivity contribution < 1.29 is 4.79 Å². The number of hydrogen-bond acceptors (Lipinski definition) is 5. The van der Waals surface area contributed by atoms with Gasteiger partial charge in [-0.15, -0.1) is 5.10 Å². The first-order valence-corrected chi connectivity index (χ1v) is 6.68. The summed E-state index contributed by atoms with van der Waals surface area (Å²) in [6.07, 6.45) is 3.65. The number of aromatic nitrogens is 4. The maximum atomic E-state index is 12.1. The molecular formula is C13H16N6O. The fourth-order valence-corrected chi connectivity index (χ4v) is 2.29. The zero-order chi connectivity index (χ0) is 13.8. The van der Waals surface area contributed by atoms with Gasteiger partial charge in [-0.25, -0.2) is 4.68 Å². The maximum Gasteiger partial charge on any atom is 0.251 e. The topological polar surface area (TPSA) is 84.7 Å². The molecule has 104 valence electrons. The molecule has 1 amide bonds. The second-order valence-corrected chi connectivity index (χ2v) is 4.82. The number of piperidine rings is 1. The number of nitrogens with zero attached hydrogens (tertiary/aromatic N) is 4. The molecule has 0 saturated carbocycles. The lowest BCUT2D eigenvalue weighted by atomic mass is 10.1. The van der Waals surface area contributed by atoms with Crippen LogP contribution < -0.4 is 10.6 Å². The lowest BCUT2D eigenvalue weighted by Gasteiger charge is -2.23. The second kappa shape index (κ2) is 5.79. The summed E-state index contributed by atoms with van der Waals surface area (Å²) in [5.74, 6) is -0.0398. The molecule has 2 N–H and O–H groups in total. The summed E-state index contributed by atoms with van der Waals surface area (Å²) in [4.78, 5) is 12.1. The number of nitrogens with one attached hydrogen (secondary N) is 2. The number of amides is 1. The third-order valence-corrected chi connectivity index (χ3v) is 3.38. The van der Waals surface area contributed by atoms with Crippen LogP contribution in [0.1, 0.15) is 23.2 Å². The number of carbonyl (C=O) groups is 1. The van der Waals surface area contributed by atoms with E-state index in [0.717, 1.165) is 31.6 Å². The standard InChI is InChI=1S/C13H16N6O/c20-13(16-11-2-1-7-14-8-11)10-3-5-12(6-4-10)19-9-15-17-18-19/h3-6,9,11,14H,1-2,7-8H2,(H,16,20)/t11-/m1/s1. The van der Waals surface area contributed by atoms with Gasteiger partial charge in [0, 0.05) is 18.2 Å². The van der Waals surface area contributed by atoms with Crippen molar-refractivity contribution in [2.24, 2.45) is 0 Å². The Hall–Kier alpha value is -2.28. The minimum atomic E-state index is -0.0398. The Morgan fingerprint density at radius 2 is 2.20 bits per heavy atom. The van der Waals surface area contributed by atoms with Gasteiger partial charge < -0.3 is 10.6 Å². The van der Waals surface area contributed by atoms with Crippen molar-refractivity contribution >= 4 is 5.91 Å². The Kier molecular flexibility index (Phi) is 3.69. The Morgan fingerprint density at radius 3 is 2.85 bits per heavy atom. The van der Waals surface area contributed by atoms with Crippen LogP contribution in [0.15, 0.2) is 30.6 Å². The first kappa shape index (κ1) is 12.7. The Bertz CT molecular complexity index is 559. The van der Waals surface area contributed by atoms with Crippen molar-refractivity contribution in [1.82, 2.24) is 30.8 Å². The van der Waals surface area contributed by atoms with Gasteiger partial charge in [0.2, 0.25) is 0 Å². The predicted octanol–water partition coefficient (Wildman–Crippen LogP) is 0.144. The lowest BCUT2D eigenvalue weighted by Crippen LogP contribution is -2.45. The first-order valence-electron chi connectivity index (χ1n) is 6.68. The SMILES string of the molecule is O=C(N[C@@H]1CCCNC1)c1ccc(-n2cnnn2)cc1. The number of tetrazole rings is 1. The summed E-state index contributed by atoms with van der Waals surface area (Å²) >= 11 is 0. The smallest absolute Gasteiger partial charge is 0.251 e. The molecule has 1 aromatic heterocycles. The molecule has 0 aliphatic carbocycles. The van der Waals surface area contributed by atoms with Gasteiger partial charge in [-0.2, -0.15) is 0 Å². The van der Waals surface area contributed by atoms with Crippen molar-refractivity contribution in [1.29, 1.82) is 0 Å². The van der Waals surface area contributed by atoms with Gasteiger partial charge in [0.1, 0.15) is 6.33 Å². The lowest BCUT2D eigenvalue weighted by molar-refractivity contribution is 0.0930. The van der Waals surface area contributed by atoms with Crippen LogP contribution in [0.5, 0.6) is 0 Å². The molecule has 3 rings (SSSR count). The summed E-state index contributed by atoms with van der Waals surface area (Å²) in [7, 11) is 0. The molecular weight excluding hydrogens is 256 g/mol. The molecule has 1 saturated heterocycles. The predicted molar refractivity (Wildman–Crippen MR) is 72.5 cm³/mol. The van der Waals surface area contributed by atoms with Crippen LogP contribution in [0.4, 0.5) is 0 Å². The monoisotopic (exact) mass is 272 g/mol. The van der Waals surface area contributed by atoms with Gasteiger partial charge in [-0.05, 0) is 54.1 Å². The van der Waals surface area contributed by atoms with Crippen LogP contribution in [0, 0.1) is 0 Å². The van der Waals surface area contributed by atoms with Crippen molar-refractivity contribution in [3.05, 3.63) is 36.2 Å². The first-order chi connectivity index (χ1) is 9.83. The van der Waals surface area contributed by atoms with Gasteiger partial charge in [0.05, 0.1) is 5.69 Å². The molecule has 1 aliphatic heterocycles. The highest BCUT2D eigenvalue weighted by molar-refractivity contribution is 5.94. The van der Waals surface area contributed by atoms with Crippen molar-refractivity contribution in [2.45, 2.75) is 18.9 Å². The Balaban J connectivity index is 1.66. The van der Waals surface area contributed by atoms with Gasteiger partial charge >= 0.3 is 0 Å². The van der Waals surface area contributed by atoms with Crippen molar-refractivity contribution in [3.8, 4) is 5.69 Å². The van der Waals surface area contributed by atoms with Gasteiger partial charge in [-0.3, -0.25) is 4.79 Å². The fraction of sp³-hybridized carbons (Fsp3) is 0.385. The summed E-state index contributed by atoms with van der Waals surface area (Å²) in [6.45, 7) is 1.88. The quantitative estimate of drug-likeness (QED) is 0.830. The molecule has 7 heteroatoms. The minimum Gasteiger partial charge on any atom is -0.348 e. The molecule has 1 fully saturated rings. The molecule has 0 bridgehead atoms. The molecule has 0 radical (unpaired) electrons. The number of rotatable bonds is 3. The van der Waals surface area contributed by atoms with Gasteiger partial charge in [0.25, 0.3) is 5.91 Å². The van der Waals surface area contributed by atoms with Crippen molar-refractivity contribution in [2.75, 3.05) is 13.1 Å². The zero-order valence-electron chi connectivity index (χ0n) is 11.0. The van der Waals surface area contributed by atoms with Crippen LogP contribution in [0.2, 0.25) is 0 Å². The average molecular weight is 272 g/mol. The summed E-state index contributed by atoms with van der Waals surface area (Å²) < 4.78 is 1.55. The third kappa shape index (κ3) is 2.83. The normalized spacial score (nSPS) is 18.7. The maximum absolute atomic E-state index is 12.1. The highest BCUT2D eigenvalue weighted by Gasteiger charge is 2.16. The molecule has 0 unspecified atom stereocenters. The highest BCUT2D eigenvalue weighted by atomic mass is 16.1. The van der Waals surface area contributed by atoms with E-state index in [1.807, 2.05) is 12.1 Å². The van der Waals surface area contributed by atoms with Gasteiger partial charge in [0.15, 0.2) is 0 Å². The third-order valence-electron chi connectivity index (χ3n) is 3.38. The number of hydrogen-bond donors (Lipinski definition) is 2. The summed E-state index contributed by atoms with van der Waals surface area (Å²) in [5, 5.41) is 17.3. The van der Waals surface area contributed by atoms with Gasteiger partial charge in [-0.1, -0.05) is 0 Å². The van der Waals surface area contributed by atoms with E-state index in [9.17, 15) is 4.79 Å². The largest absolute Gasteiger partial charge is 0.348 e. The van der Waals surface area contributed by atoms with Crippen LogP contribution in [-0.2, 0) is 0 Å². The van der Waals surface area contributed by atoms with E-state index in [1.54, 1.807) is 16.8 Å². The second-order valence-electron chi connectivity index (χ2n) is 4.82. The van der Waals surface area contributed by atoms with Crippen LogP contribution in [0.25, 0.3) is 5.69 Å². The van der Waals surface area contributed by atoms with E-state index in [0.29, 0.717) is 5.56 Å². The van der Waals surface area contributed by atoms with Crippen LogP contribution in [-0.4, -0.2) is 45.2 Å². The highest BCUT2D eigenvalue weighted by Crippen LogP contribution is 2.09. The van der Waals surface area contributed by atoms with E-state index < -0.39 is 0 Å². The molecule has 0 spiro atoms. The zero-order valence-corrected chi connectivity index (χ0v) is 11.0. The van der Waals surface area contributed by atoms with E-state index >= 15 is 0 Å². The molecule has 1 aromatic carbocycles. The minimum absolute atomic E-state index is 0.0398. The molecule has 7 nitrogen and oxygen atoms in total. The van der Waals surface area contributed by atoms with E-state index in [2.05, 4.69) is 26.2 Å². The molecule has 2 aromatic rings. The number of benzene rings is 1. The summed E-state index contributed by atoms with van der Waals surface area (Å²) in [6, 6.07) is 7.43.